The zero-order valence-electron chi connectivity index (χ0n) is 9.82. The van der Waals surface area contributed by atoms with Crippen molar-refractivity contribution in [2.45, 2.75) is 6.42 Å². The van der Waals surface area contributed by atoms with Crippen molar-refractivity contribution in [2.24, 2.45) is 0 Å². The average Bonchev–Trinajstić information content (AvgIpc) is 2.36. The normalized spacial score (nSPS) is 10.3. The molecule has 0 spiro atoms. The molecule has 0 saturated heterocycles. The first-order valence-corrected chi connectivity index (χ1v) is 5.99. The molecule has 0 aliphatic carbocycles. The van der Waals surface area contributed by atoms with Crippen molar-refractivity contribution in [1.82, 2.24) is 10.3 Å². The quantitative estimate of drug-likeness (QED) is 0.859. The maximum absolute atomic E-state index is 11.5. The number of nitrogens with one attached hydrogen (secondary N) is 1. The maximum atomic E-state index is 11.5. The van der Waals surface area contributed by atoms with Crippen molar-refractivity contribution in [2.75, 3.05) is 6.54 Å². The van der Waals surface area contributed by atoms with Gasteiger partial charge < -0.3 is 5.32 Å². The molecule has 1 N–H and O–H groups in total. The largest absolute Gasteiger partial charge is 0.352 e. The average molecular weight is 261 g/mol. The van der Waals surface area contributed by atoms with Crippen LogP contribution in [0.25, 0.3) is 10.9 Å². The molecule has 0 unspecified atom stereocenters. The second kappa shape index (κ2) is 5.65. The monoisotopic (exact) mass is 260 g/mol. The Balaban J connectivity index is 2.17. The summed E-state index contributed by atoms with van der Waals surface area (Å²) in [7, 11) is 0. The molecule has 3 nitrogen and oxygen atoms in total. The minimum Gasteiger partial charge on any atom is -0.352 e. The lowest BCUT2D eigenvalue weighted by molar-refractivity contribution is -0.120. The predicted molar refractivity (Wildman–Crippen MR) is 73.7 cm³/mol. The number of aromatic nitrogens is 1. The van der Waals surface area contributed by atoms with Crippen LogP contribution in [0, 0.1) is 0 Å². The smallest absolute Gasteiger partial charge is 0.226 e. The fraction of sp³-hybridized carbons (Fsp3) is 0.143. The molecule has 1 aromatic heterocycles. The van der Waals surface area contributed by atoms with E-state index in [1.54, 1.807) is 12.1 Å². The Kier molecular flexibility index (Phi) is 3.95. The lowest BCUT2D eigenvalue weighted by Crippen LogP contribution is -2.25. The Morgan fingerprint density at radius 1 is 1.39 bits per heavy atom. The number of hydrogen-bond donors (Lipinski definition) is 1. The molecule has 0 aliphatic rings. The van der Waals surface area contributed by atoms with E-state index >= 15 is 0 Å². The van der Waals surface area contributed by atoms with Crippen molar-refractivity contribution in [3.8, 4) is 0 Å². The lowest BCUT2D eigenvalue weighted by atomic mass is 10.2. The number of hydrogen-bond acceptors (Lipinski definition) is 2. The second-order valence-corrected chi connectivity index (χ2v) is 4.35. The summed E-state index contributed by atoms with van der Waals surface area (Å²) in [5.74, 6) is -0.0595. The summed E-state index contributed by atoms with van der Waals surface area (Å²) in [5.41, 5.74) is 1.58. The maximum Gasteiger partial charge on any atom is 0.226 e. The van der Waals surface area contributed by atoms with Crippen LogP contribution in [0.4, 0.5) is 0 Å². The van der Waals surface area contributed by atoms with Gasteiger partial charge in [-0.05, 0) is 24.3 Å². The zero-order chi connectivity index (χ0) is 13.0. The number of benzene rings is 1. The van der Waals surface area contributed by atoms with Crippen molar-refractivity contribution >= 4 is 28.4 Å². The zero-order valence-corrected chi connectivity index (χ0v) is 10.6. The number of rotatable bonds is 4. The number of nitrogens with zero attached hydrogens (tertiary/aromatic N) is 1. The van der Waals surface area contributed by atoms with Gasteiger partial charge >= 0.3 is 0 Å². The molecule has 1 heterocycles. The first-order valence-electron chi connectivity index (χ1n) is 5.62. The van der Waals surface area contributed by atoms with Gasteiger partial charge in [-0.25, -0.2) is 0 Å². The Morgan fingerprint density at radius 3 is 3.00 bits per heavy atom. The number of carbonyl (C=O) groups is 1. The molecule has 1 aromatic carbocycles. The Labute approximate surface area is 110 Å². The third kappa shape index (κ3) is 3.08. The van der Waals surface area contributed by atoms with Crippen molar-refractivity contribution in [3.63, 3.8) is 0 Å². The first kappa shape index (κ1) is 12.6. The van der Waals surface area contributed by atoms with Crippen LogP contribution in [0.1, 0.15) is 5.69 Å². The van der Waals surface area contributed by atoms with E-state index in [1.807, 2.05) is 24.3 Å². The number of carbonyl (C=O) groups excluding carboxylic acids is 1. The lowest BCUT2D eigenvalue weighted by Gasteiger charge is -2.04. The summed E-state index contributed by atoms with van der Waals surface area (Å²) in [6, 6.07) is 9.25. The molecule has 2 aromatic rings. The molecule has 0 saturated carbocycles. The van der Waals surface area contributed by atoms with Crippen molar-refractivity contribution < 1.29 is 4.79 Å². The molecule has 0 radical (unpaired) electrons. The van der Waals surface area contributed by atoms with Gasteiger partial charge in [0.2, 0.25) is 5.91 Å². The van der Waals surface area contributed by atoms with E-state index in [2.05, 4.69) is 16.9 Å². The molecule has 2 rings (SSSR count). The molecular weight excluding hydrogens is 248 g/mol. The molecule has 0 aliphatic heterocycles. The van der Waals surface area contributed by atoms with E-state index in [0.717, 1.165) is 16.6 Å². The molecular formula is C14H13ClN2O. The summed E-state index contributed by atoms with van der Waals surface area (Å²) in [6.07, 6.45) is 1.92. The fourth-order valence-electron chi connectivity index (χ4n) is 1.65. The van der Waals surface area contributed by atoms with E-state index < -0.39 is 0 Å². The minimum atomic E-state index is -0.0595. The van der Waals surface area contributed by atoms with Gasteiger partial charge in [0.05, 0.1) is 17.6 Å². The van der Waals surface area contributed by atoms with Crippen molar-refractivity contribution in [1.29, 1.82) is 0 Å². The summed E-state index contributed by atoms with van der Waals surface area (Å²) >= 11 is 5.90. The Morgan fingerprint density at radius 2 is 2.22 bits per heavy atom. The van der Waals surface area contributed by atoms with Crippen LogP contribution in [0.2, 0.25) is 5.02 Å². The molecule has 18 heavy (non-hydrogen) atoms. The van der Waals surface area contributed by atoms with Crippen LogP contribution >= 0.6 is 11.6 Å². The number of halogens is 1. The van der Waals surface area contributed by atoms with Gasteiger partial charge in [0.1, 0.15) is 0 Å². The third-order valence-electron chi connectivity index (χ3n) is 2.49. The van der Waals surface area contributed by atoms with E-state index in [-0.39, 0.29) is 12.3 Å². The predicted octanol–water partition coefficient (Wildman–Crippen LogP) is 2.73. The number of amides is 1. The highest BCUT2D eigenvalue weighted by Gasteiger charge is 2.04. The molecule has 0 bridgehead atoms. The van der Waals surface area contributed by atoms with Crippen LogP contribution in [0.3, 0.4) is 0 Å². The van der Waals surface area contributed by atoms with E-state index in [4.69, 9.17) is 11.6 Å². The second-order valence-electron chi connectivity index (χ2n) is 3.91. The third-order valence-corrected chi connectivity index (χ3v) is 2.73. The van der Waals surface area contributed by atoms with Crippen LogP contribution in [0.15, 0.2) is 43.0 Å². The van der Waals surface area contributed by atoms with Gasteiger partial charge in [-0.15, -0.1) is 6.58 Å². The van der Waals surface area contributed by atoms with Crippen LogP contribution < -0.4 is 5.32 Å². The molecule has 0 fully saturated rings. The van der Waals surface area contributed by atoms with E-state index in [0.29, 0.717) is 11.6 Å². The summed E-state index contributed by atoms with van der Waals surface area (Å²) in [6.45, 7) is 4.02. The SMILES string of the molecule is C=CCNC(=O)Cc1ccc2cc(Cl)ccc2n1. The highest BCUT2D eigenvalue weighted by atomic mass is 35.5. The van der Waals surface area contributed by atoms with Crippen LogP contribution in [-0.4, -0.2) is 17.4 Å². The van der Waals surface area contributed by atoms with Gasteiger partial charge in [-0.1, -0.05) is 23.7 Å². The van der Waals surface area contributed by atoms with Gasteiger partial charge in [-0.2, -0.15) is 0 Å². The summed E-state index contributed by atoms with van der Waals surface area (Å²) in [4.78, 5) is 16.0. The van der Waals surface area contributed by atoms with Gasteiger partial charge in [0, 0.05) is 17.0 Å². The molecule has 4 heteroatoms. The molecule has 92 valence electrons. The fourth-order valence-corrected chi connectivity index (χ4v) is 1.83. The standard InChI is InChI=1S/C14H13ClN2O/c1-2-7-16-14(18)9-12-5-3-10-8-11(15)4-6-13(10)17-12/h2-6,8H,1,7,9H2,(H,16,18). The number of fused-ring (bicyclic) bond motifs is 1. The highest BCUT2D eigenvalue weighted by Crippen LogP contribution is 2.18. The Hall–Kier alpha value is -1.87. The highest BCUT2D eigenvalue weighted by molar-refractivity contribution is 6.31. The van der Waals surface area contributed by atoms with Crippen molar-refractivity contribution in [3.05, 3.63) is 53.7 Å². The topological polar surface area (TPSA) is 42.0 Å². The van der Waals surface area contributed by atoms with E-state index in [1.165, 1.54) is 0 Å². The number of pyridine rings is 1. The Bertz CT molecular complexity index is 595. The van der Waals surface area contributed by atoms with Crippen LogP contribution in [0.5, 0.6) is 0 Å². The first-order chi connectivity index (χ1) is 8.69. The van der Waals surface area contributed by atoms with Gasteiger partial charge in [0.25, 0.3) is 0 Å². The van der Waals surface area contributed by atoms with Gasteiger partial charge in [-0.3, -0.25) is 9.78 Å². The van der Waals surface area contributed by atoms with Crippen LogP contribution in [-0.2, 0) is 11.2 Å². The minimum absolute atomic E-state index is 0.0595. The summed E-state index contributed by atoms with van der Waals surface area (Å²) in [5, 5.41) is 4.37. The van der Waals surface area contributed by atoms with E-state index in [9.17, 15) is 4.79 Å². The summed E-state index contributed by atoms with van der Waals surface area (Å²) < 4.78 is 0. The molecule has 1 amide bonds. The van der Waals surface area contributed by atoms with Gasteiger partial charge in [0.15, 0.2) is 0 Å². The molecule has 0 atom stereocenters.